The highest BCUT2D eigenvalue weighted by Crippen LogP contribution is 2.24. The molecule has 0 saturated carbocycles. The van der Waals surface area contributed by atoms with Crippen molar-refractivity contribution in [3.63, 3.8) is 0 Å². The standard InChI is InChI=1S/C13H14ClNO5/c1-19-8-2-3-9(10(14)6-8)12(16)15-4-5-20-7-11(15)13(17)18/h2-3,6,11H,4-5,7H2,1H3,(H,17,18). The molecule has 108 valence electrons. The Hall–Kier alpha value is -1.79. The van der Waals surface area contributed by atoms with E-state index in [0.717, 1.165) is 0 Å². The van der Waals surface area contributed by atoms with Crippen LogP contribution in [0.3, 0.4) is 0 Å². The Morgan fingerprint density at radius 2 is 2.25 bits per heavy atom. The number of methoxy groups -OCH3 is 1. The first-order valence-electron chi connectivity index (χ1n) is 5.99. The lowest BCUT2D eigenvalue weighted by Gasteiger charge is -2.33. The monoisotopic (exact) mass is 299 g/mol. The molecule has 1 unspecified atom stereocenters. The van der Waals surface area contributed by atoms with Gasteiger partial charge in [0.1, 0.15) is 5.75 Å². The second kappa shape index (κ2) is 6.11. The first-order chi connectivity index (χ1) is 9.54. The molecule has 0 aromatic heterocycles. The van der Waals surface area contributed by atoms with Crippen molar-refractivity contribution in [2.45, 2.75) is 6.04 Å². The number of benzene rings is 1. The fourth-order valence-corrected chi connectivity index (χ4v) is 2.25. The SMILES string of the molecule is COc1ccc(C(=O)N2CCOCC2C(=O)O)c(Cl)c1. The third kappa shape index (κ3) is 2.86. The number of carbonyl (C=O) groups is 2. The van der Waals surface area contributed by atoms with Gasteiger partial charge in [-0.1, -0.05) is 11.6 Å². The number of carbonyl (C=O) groups excluding carboxylic acids is 1. The Bertz CT molecular complexity index is 533. The minimum atomic E-state index is -1.09. The molecule has 1 aromatic carbocycles. The summed E-state index contributed by atoms with van der Waals surface area (Å²) in [6, 6.07) is 3.66. The minimum Gasteiger partial charge on any atom is -0.497 e. The molecule has 2 rings (SSSR count). The van der Waals surface area contributed by atoms with E-state index in [1.165, 1.54) is 24.1 Å². The Morgan fingerprint density at radius 3 is 2.85 bits per heavy atom. The molecule has 1 aliphatic rings. The van der Waals surface area contributed by atoms with Gasteiger partial charge in [0.15, 0.2) is 6.04 Å². The molecule has 7 heteroatoms. The van der Waals surface area contributed by atoms with Gasteiger partial charge in [0.05, 0.1) is 30.9 Å². The van der Waals surface area contributed by atoms with Crippen LogP contribution in [0.5, 0.6) is 5.75 Å². The maximum absolute atomic E-state index is 12.4. The predicted molar refractivity (Wildman–Crippen MR) is 71.3 cm³/mol. The lowest BCUT2D eigenvalue weighted by molar-refractivity contribution is -0.147. The summed E-state index contributed by atoms with van der Waals surface area (Å²) in [5.74, 6) is -0.987. The van der Waals surface area contributed by atoms with Gasteiger partial charge >= 0.3 is 5.97 Å². The highest BCUT2D eigenvalue weighted by atomic mass is 35.5. The summed E-state index contributed by atoms with van der Waals surface area (Å²) in [6.45, 7) is 0.510. The number of carboxylic acids is 1. The van der Waals surface area contributed by atoms with Crippen LogP contribution in [0.2, 0.25) is 5.02 Å². The molecule has 0 radical (unpaired) electrons. The molecular weight excluding hydrogens is 286 g/mol. The number of carboxylic acid groups (broad SMARTS) is 1. The number of aliphatic carboxylic acids is 1. The number of rotatable bonds is 3. The molecule has 20 heavy (non-hydrogen) atoms. The van der Waals surface area contributed by atoms with E-state index in [1.807, 2.05) is 0 Å². The second-order valence-corrected chi connectivity index (χ2v) is 4.68. The molecule has 0 spiro atoms. The average molecular weight is 300 g/mol. The summed E-state index contributed by atoms with van der Waals surface area (Å²) in [5.41, 5.74) is 0.251. The van der Waals surface area contributed by atoms with Crippen LogP contribution in [0.1, 0.15) is 10.4 Å². The lowest BCUT2D eigenvalue weighted by Crippen LogP contribution is -2.52. The number of amides is 1. The Morgan fingerprint density at radius 1 is 1.50 bits per heavy atom. The van der Waals surface area contributed by atoms with Crippen LogP contribution in [0.25, 0.3) is 0 Å². The van der Waals surface area contributed by atoms with E-state index in [4.69, 9.17) is 26.2 Å². The summed E-state index contributed by atoms with van der Waals surface area (Å²) in [7, 11) is 1.50. The summed E-state index contributed by atoms with van der Waals surface area (Å²) < 4.78 is 10.1. The van der Waals surface area contributed by atoms with Gasteiger partial charge in [-0.05, 0) is 18.2 Å². The molecule has 1 heterocycles. The first kappa shape index (κ1) is 14.6. The molecule has 1 atom stereocenters. The van der Waals surface area contributed by atoms with E-state index in [0.29, 0.717) is 12.4 Å². The van der Waals surface area contributed by atoms with E-state index in [-0.39, 0.29) is 23.7 Å². The maximum Gasteiger partial charge on any atom is 0.328 e. The van der Waals surface area contributed by atoms with Gasteiger partial charge in [-0.25, -0.2) is 4.79 Å². The van der Waals surface area contributed by atoms with Gasteiger partial charge in [-0.3, -0.25) is 4.79 Å². The molecule has 1 saturated heterocycles. The van der Waals surface area contributed by atoms with E-state index < -0.39 is 17.9 Å². The fraction of sp³-hybridized carbons (Fsp3) is 0.385. The van der Waals surface area contributed by atoms with E-state index >= 15 is 0 Å². The Kier molecular flexibility index (Phi) is 4.46. The number of morpholine rings is 1. The summed E-state index contributed by atoms with van der Waals surface area (Å²) in [5, 5.41) is 9.36. The van der Waals surface area contributed by atoms with Crippen LogP contribution in [-0.4, -0.2) is 54.8 Å². The van der Waals surface area contributed by atoms with E-state index in [1.54, 1.807) is 6.07 Å². The van der Waals surface area contributed by atoms with Crippen molar-refractivity contribution in [1.82, 2.24) is 4.90 Å². The van der Waals surface area contributed by atoms with Gasteiger partial charge in [-0.2, -0.15) is 0 Å². The zero-order valence-corrected chi connectivity index (χ0v) is 11.6. The van der Waals surface area contributed by atoms with Crippen LogP contribution in [-0.2, 0) is 9.53 Å². The predicted octanol–water partition coefficient (Wildman–Crippen LogP) is 1.27. The third-order valence-corrected chi connectivity index (χ3v) is 3.39. The van der Waals surface area contributed by atoms with Crippen LogP contribution < -0.4 is 4.74 Å². The fourth-order valence-electron chi connectivity index (χ4n) is 2.00. The highest BCUT2D eigenvalue weighted by Gasteiger charge is 2.33. The largest absolute Gasteiger partial charge is 0.497 e. The molecular formula is C13H14ClNO5. The van der Waals surface area contributed by atoms with Crippen molar-refractivity contribution in [1.29, 1.82) is 0 Å². The second-order valence-electron chi connectivity index (χ2n) is 4.27. The van der Waals surface area contributed by atoms with Crippen LogP contribution >= 0.6 is 11.6 Å². The zero-order chi connectivity index (χ0) is 14.7. The van der Waals surface area contributed by atoms with Crippen molar-refractivity contribution in [2.75, 3.05) is 26.9 Å². The molecule has 1 aromatic rings. The molecule has 1 fully saturated rings. The minimum absolute atomic E-state index is 0.0190. The van der Waals surface area contributed by atoms with Gasteiger partial charge in [0.2, 0.25) is 0 Å². The molecule has 1 amide bonds. The number of nitrogens with zero attached hydrogens (tertiary/aromatic N) is 1. The smallest absolute Gasteiger partial charge is 0.328 e. The summed E-state index contributed by atoms with van der Waals surface area (Å²) >= 11 is 6.04. The summed E-state index contributed by atoms with van der Waals surface area (Å²) in [6.07, 6.45) is 0. The Labute approximate surface area is 120 Å². The maximum atomic E-state index is 12.4. The lowest BCUT2D eigenvalue weighted by atomic mass is 10.1. The highest BCUT2D eigenvalue weighted by molar-refractivity contribution is 6.34. The van der Waals surface area contributed by atoms with Crippen molar-refractivity contribution in [3.05, 3.63) is 28.8 Å². The van der Waals surface area contributed by atoms with Crippen LogP contribution in [0, 0.1) is 0 Å². The molecule has 1 aliphatic heterocycles. The van der Waals surface area contributed by atoms with Crippen molar-refractivity contribution < 1.29 is 24.2 Å². The first-order valence-corrected chi connectivity index (χ1v) is 6.37. The van der Waals surface area contributed by atoms with Gasteiger partial charge in [0, 0.05) is 6.54 Å². The van der Waals surface area contributed by atoms with Gasteiger partial charge in [-0.15, -0.1) is 0 Å². The van der Waals surface area contributed by atoms with E-state index in [9.17, 15) is 9.59 Å². The number of hydrogen-bond donors (Lipinski definition) is 1. The number of hydrogen-bond acceptors (Lipinski definition) is 4. The van der Waals surface area contributed by atoms with Crippen molar-refractivity contribution >= 4 is 23.5 Å². The average Bonchev–Trinajstić information content (AvgIpc) is 2.46. The normalized spacial score (nSPS) is 18.7. The molecule has 0 bridgehead atoms. The Balaban J connectivity index is 2.27. The molecule has 1 N–H and O–H groups in total. The number of ether oxygens (including phenoxy) is 2. The summed E-state index contributed by atoms with van der Waals surface area (Å²) in [4.78, 5) is 24.8. The van der Waals surface area contributed by atoms with Crippen molar-refractivity contribution in [3.8, 4) is 5.75 Å². The topological polar surface area (TPSA) is 76.1 Å². The quantitative estimate of drug-likeness (QED) is 0.910. The van der Waals surface area contributed by atoms with Crippen molar-refractivity contribution in [2.24, 2.45) is 0 Å². The third-order valence-electron chi connectivity index (χ3n) is 3.08. The van der Waals surface area contributed by atoms with Crippen LogP contribution in [0.4, 0.5) is 0 Å². The van der Waals surface area contributed by atoms with E-state index in [2.05, 4.69) is 0 Å². The molecule has 6 nitrogen and oxygen atoms in total. The van der Waals surface area contributed by atoms with Gasteiger partial charge < -0.3 is 19.5 Å². The van der Waals surface area contributed by atoms with Crippen LogP contribution in [0.15, 0.2) is 18.2 Å². The number of halogens is 1. The van der Waals surface area contributed by atoms with Gasteiger partial charge in [0.25, 0.3) is 5.91 Å². The molecule has 0 aliphatic carbocycles. The zero-order valence-electron chi connectivity index (χ0n) is 10.8.